The van der Waals surface area contributed by atoms with E-state index in [1.165, 1.54) is 89.9 Å². The fourth-order valence-electron chi connectivity index (χ4n) is 2.39. The van der Waals surface area contributed by atoms with Gasteiger partial charge in [-0.25, -0.2) is 0 Å². The van der Waals surface area contributed by atoms with E-state index in [9.17, 15) is 0 Å². The zero-order chi connectivity index (χ0) is 14.0. The molecular weight excluding hydrogens is 242 g/mol. The SMILES string of the molecule is CCCCCCCCC=CCCCCCCCCN.[C]. The first-order chi connectivity index (χ1) is 9.41. The van der Waals surface area contributed by atoms with Crippen LogP contribution < -0.4 is 5.73 Å². The van der Waals surface area contributed by atoms with E-state index in [2.05, 4.69) is 19.1 Å². The Hall–Kier alpha value is -0.300. The first-order valence-corrected chi connectivity index (χ1v) is 8.77. The fraction of sp³-hybridized carbons (Fsp3) is 0.842. The van der Waals surface area contributed by atoms with Crippen molar-refractivity contribution in [2.24, 2.45) is 5.73 Å². The molecule has 0 saturated heterocycles. The standard InChI is InChI=1S/C18H37N.C/c1-2-3-4-5-6-7-8-9-10-11-12-13-14-15-16-17-18-19;/h9-10H,2-8,11-19H2,1H3;. The topological polar surface area (TPSA) is 26.0 Å². The highest BCUT2D eigenvalue weighted by molar-refractivity contribution is 4.81. The first-order valence-electron chi connectivity index (χ1n) is 8.77. The number of rotatable bonds is 15. The number of nitrogens with two attached hydrogens (primary N) is 1. The van der Waals surface area contributed by atoms with Crippen LogP contribution in [-0.2, 0) is 0 Å². The second kappa shape index (κ2) is 21.0. The lowest BCUT2D eigenvalue weighted by atomic mass is 10.1. The molecule has 0 saturated carbocycles. The third-order valence-electron chi connectivity index (χ3n) is 3.72. The molecule has 1 heteroatoms. The molecule has 4 radical (unpaired) electrons. The summed E-state index contributed by atoms with van der Waals surface area (Å²) >= 11 is 0. The Bertz CT molecular complexity index is 175. The summed E-state index contributed by atoms with van der Waals surface area (Å²) in [5, 5.41) is 0. The van der Waals surface area contributed by atoms with Gasteiger partial charge in [0.2, 0.25) is 0 Å². The van der Waals surface area contributed by atoms with E-state index in [4.69, 9.17) is 5.73 Å². The number of allylic oxidation sites excluding steroid dienone is 2. The molecule has 0 aromatic carbocycles. The summed E-state index contributed by atoms with van der Waals surface area (Å²) < 4.78 is 0. The molecule has 0 rings (SSSR count). The second-order valence-corrected chi connectivity index (χ2v) is 5.73. The van der Waals surface area contributed by atoms with Gasteiger partial charge < -0.3 is 5.73 Å². The second-order valence-electron chi connectivity index (χ2n) is 5.73. The summed E-state index contributed by atoms with van der Waals surface area (Å²) in [4.78, 5) is 0. The van der Waals surface area contributed by atoms with Gasteiger partial charge in [-0.05, 0) is 38.6 Å². The normalized spacial score (nSPS) is 10.9. The minimum atomic E-state index is 0. The predicted molar refractivity (Wildman–Crippen MR) is 91.7 cm³/mol. The summed E-state index contributed by atoms with van der Waals surface area (Å²) in [6.45, 7) is 3.14. The number of hydrogen-bond acceptors (Lipinski definition) is 1. The number of hydrogen-bond donors (Lipinski definition) is 1. The van der Waals surface area contributed by atoms with Gasteiger partial charge in [0.1, 0.15) is 0 Å². The van der Waals surface area contributed by atoms with Gasteiger partial charge in [0.15, 0.2) is 0 Å². The molecule has 0 aliphatic carbocycles. The maximum Gasteiger partial charge on any atom is 0 e. The van der Waals surface area contributed by atoms with Gasteiger partial charge in [0.25, 0.3) is 0 Å². The van der Waals surface area contributed by atoms with E-state index < -0.39 is 0 Å². The van der Waals surface area contributed by atoms with Crippen LogP contribution in [-0.4, -0.2) is 6.54 Å². The van der Waals surface area contributed by atoms with Crippen LogP contribution in [0.1, 0.15) is 96.8 Å². The van der Waals surface area contributed by atoms with Crippen LogP contribution in [0.25, 0.3) is 0 Å². The predicted octanol–water partition coefficient (Wildman–Crippen LogP) is 6.06. The molecule has 0 aliphatic heterocycles. The molecule has 0 fully saturated rings. The van der Waals surface area contributed by atoms with Crippen molar-refractivity contribution in [2.75, 3.05) is 6.54 Å². The summed E-state index contributed by atoms with van der Waals surface area (Å²) in [5.41, 5.74) is 5.47. The largest absolute Gasteiger partial charge is 0.330 e. The Morgan fingerprint density at radius 1 is 0.600 bits per heavy atom. The highest BCUT2D eigenvalue weighted by Crippen LogP contribution is 2.09. The van der Waals surface area contributed by atoms with E-state index in [1.807, 2.05) is 0 Å². The molecular formula is C19H37N. The lowest BCUT2D eigenvalue weighted by Crippen LogP contribution is -1.97. The van der Waals surface area contributed by atoms with Crippen molar-refractivity contribution in [3.8, 4) is 0 Å². The molecule has 1 nitrogen and oxygen atoms in total. The van der Waals surface area contributed by atoms with Crippen LogP contribution in [0.4, 0.5) is 0 Å². The van der Waals surface area contributed by atoms with E-state index in [1.54, 1.807) is 0 Å². The third kappa shape index (κ3) is 20.0. The van der Waals surface area contributed by atoms with Crippen LogP contribution in [0.2, 0.25) is 0 Å². The quantitative estimate of drug-likeness (QED) is 0.286. The van der Waals surface area contributed by atoms with Crippen molar-refractivity contribution in [2.45, 2.75) is 96.8 Å². The molecule has 0 aromatic rings. The van der Waals surface area contributed by atoms with Gasteiger partial charge in [-0.2, -0.15) is 0 Å². The van der Waals surface area contributed by atoms with E-state index in [-0.39, 0.29) is 7.43 Å². The van der Waals surface area contributed by atoms with Crippen molar-refractivity contribution in [1.29, 1.82) is 0 Å². The highest BCUT2D eigenvalue weighted by Gasteiger charge is 1.90. The fourth-order valence-corrected chi connectivity index (χ4v) is 2.39. The summed E-state index contributed by atoms with van der Waals surface area (Å²) in [7, 11) is 0. The first kappa shape index (κ1) is 22.0. The van der Waals surface area contributed by atoms with Crippen LogP contribution in [0, 0.1) is 7.43 Å². The Morgan fingerprint density at radius 2 is 1.00 bits per heavy atom. The van der Waals surface area contributed by atoms with Crippen LogP contribution in [0.15, 0.2) is 12.2 Å². The van der Waals surface area contributed by atoms with E-state index in [0.29, 0.717) is 0 Å². The van der Waals surface area contributed by atoms with Crippen molar-refractivity contribution in [3.63, 3.8) is 0 Å². The third-order valence-corrected chi connectivity index (χ3v) is 3.72. The molecule has 0 aliphatic rings. The van der Waals surface area contributed by atoms with Gasteiger partial charge in [-0.15, -0.1) is 0 Å². The van der Waals surface area contributed by atoms with Gasteiger partial charge in [0, 0.05) is 7.43 Å². The zero-order valence-corrected chi connectivity index (χ0v) is 13.8. The molecule has 118 valence electrons. The minimum Gasteiger partial charge on any atom is -0.330 e. The Kier molecular flexibility index (Phi) is 23.1. The molecule has 0 atom stereocenters. The molecule has 0 aromatic heterocycles. The van der Waals surface area contributed by atoms with E-state index in [0.717, 1.165) is 6.54 Å². The van der Waals surface area contributed by atoms with Crippen LogP contribution in [0.5, 0.6) is 0 Å². The van der Waals surface area contributed by atoms with Gasteiger partial charge in [-0.1, -0.05) is 76.9 Å². The molecule has 20 heavy (non-hydrogen) atoms. The lowest BCUT2D eigenvalue weighted by Gasteiger charge is -1.99. The average molecular weight is 280 g/mol. The van der Waals surface area contributed by atoms with Crippen molar-refractivity contribution >= 4 is 0 Å². The summed E-state index contributed by atoms with van der Waals surface area (Å²) in [5.74, 6) is 0. The van der Waals surface area contributed by atoms with Gasteiger partial charge >= 0.3 is 0 Å². The lowest BCUT2D eigenvalue weighted by molar-refractivity contribution is 0.599. The molecule has 0 heterocycles. The van der Waals surface area contributed by atoms with Crippen molar-refractivity contribution in [3.05, 3.63) is 19.6 Å². The maximum absolute atomic E-state index is 5.47. The maximum atomic E-state index is 5.47. The molecule has 0 amide bonds. The monoisotopic (exact) mass is 279 g/mol. The Labute approximate surface area is 129 Å². The minimum absolute atomic E-state index is 0. The van der Waals surface area contributed by atoms with Crippen molar-refractivity contribution in [1.82, 2.24) is 0 Å². The molecule has 0 bridgehead atoms. The van der Waals surface area contributed by atoms with Crippen molar-refractivity contribution < 1.29 is 0 Å². The van der Waals surface area contributed by atoms with Crippen LogP contribution in [0.3, 0.4) is 0 Å². The molecule has 2 N–H and O–H groups in total. The molecule has 0 spiro atoms. The van der Waals surface area contributed by atoms with Gasteiger partial charge in [0.05, 0.1) is 0 Å². The Balaban J connectivity index is 0. The Morgan fingerprint density at radius 3 is 1.45 bits per heavy atom. The number of unbranched alkanes of at least 4 members (excludes halogenated alkanes) is 12. The highest BCUT2D eigenvalue weighted by atomic mass is 14.5. The summed E-state index contributed by atoms with van der Waals surface area (Å²) in [6.07, 6.45) is 23.9. The van der Waals surface area contributed by atoms with E-state index >= 15 is 0 Å². The van der Waals surface area contributed by atoms with Gasteiger partial charge in [-0.3, -0.25) is 0 Å². The van der Waals surface area contributed by atoms with Crippen LogP contribution >= 0.6 is 0 Å². The summed E-state index contributed by atoms with van der Waals surface area (Å²) in [6, 6.07) is 0. The molecule has 0 unspecified atom stereocenters. The average Bonchev–Trinajstić information content (AvgIpc) is 2.43. The zero-order valence-electron chi connectivity index (χ0n) is 13.8. The smallest absolute Gasteiger partial charge is 0 e.